The molecule has 80 valence electrons. The molecule has 2 N–H and O–H groups in total. The molecule has 0 aromatic heterocycles. The van der Waals surface area contributed by atoms with Crippen molar-refractivity contribution < 1.29 is 14.3 Å². The van der Waals surface area contributed by atoms with E-state index >= 15 is 0 Å². The lowest BCUT2D eigenvalue weighted by molar-refractivity contribution is -0.163. The van der Waals surface area contributed by atoms with Crippen molar-refractivity contribution >= 4 is 5.91 Å². The van der Waals surface area contributed by atoms with E-state index in [9.17, 15) is 4.79 Å². The second kappa shape index (κ2) is 4.25. The zero-order valence-electron chi connectivity index (χ0n) is 8.15. The Morgan fingerprint density at radius 1 is 1.43 bits per heavy atom. The Labute approximate surface area is 83.1 Å². The van der Waals surface area contributed by atoms with Gasteiger partial charge in [0.25, 0.3) is 5.91 Å². The van der Waals surface area contributed by atoms with Gasteiger partial charge in [0.15, 0.2) is 6.10 Å². The smallest absolute Gasteiger partial charge is 0.254 e. The Morgan fingerprint density at radius 2 is 2.21 bits per heavy atom. The highest BCUT2D eigenvalue weighted by Gasteiger charge is 2.35. The largest absolute Gasteiger partial charge is 0.376 e. The molecule has 0 saturated carbocycles. The topological polar surface area (TPSA) is 64.8 Å². The molecule has 2 fully saturated rings. The molecule has 1 amide bonds. The Kier molecular flexibility index (Phi) is 3.00. The number of carbonyl (C=O) groups is 1. The quantitative estimate of drug-likeness (QED) is 0.609. The first-order chi connectivity index (χ1) is 6.81. The third-order valence-corrected chi connectivity index (χ3v) is 2.69. The summed E-state index contributed by atoms with van der Waals surface area (Å²) in [7, 11) is 0. The summed E-state index contributed by atoms with van der Waals surface area (Å²) in [5.41, 5.74) is 5.48. The average molecular weight is 200 g/mol. The lowest BCUT2D eigenvalue weighted by atomic mass is 10.00. The summed E-state index contributed by atoms with van der Waals surface area (Å²) in [5.74, 6) is 0.526. The third-order valence-electron chi connectivity index (χ3n) is 2.69. The number of nitrogens with zero attached hydrogens (tertiary/aromatic N) is 1. The number of ether oxygens (including phenoxy) is 2. The molecule has 1 unspecified atom stereocenters. The minimum Gasteiger partial charge on any atom is -0.376 e. The lowest BCUT2D eigenvalue weighted by Crippen LogP contribution is -2.57. The molecular formula is C9H16N2O3. The molecule has 0 bridgehead atoms. The third kappa shape index (κ3) is 1.89. The van der Waals surface area contributed by atoms with Crippen molar-refractivity contribution in [1.82, 2.24) is 4.90 Å². The molecule has 2 aliphatic heterocycles. The molecule has 2 rings (SSSR count). The number of amides is 1. The first-order valence-corrected chi connectivity index (χ1v) is 4.99. The summed E-state index contributed by atoms with van der Waals surface area (Å²) >= 11 is 0. The fraction of sp³-hybridized carbons (Fsp3) is 0.889. The molecule has 0 aliphatic carbocycles. The van der Waals surface area contributed by atoms with E-state index in [4.69, 9.17) is 15.2 Å². The van der Waals surface area contributed by atoms with Gasteiger partial charge in [0.05, 0.1) is 19.8 Å². The average Bonchev–Trinajstić information content (AvgIpc) is 2.17. The monoisotopic (exact) mass is 200 g/mol. The van der Waals surface area contributed by atoms with Crippen LogP contribution in [0.15, 0.2) is 0 Å². The zero-order chi connectivity index (χ0) is 9.97. The lowest BCUT2D eigenvalue weighted by Gasteiger charge is -2.40. The molecule has 1 atom stereocenters. The maximum absolute atomic E-state index is 11.7. The number of hydrogen-bond acceptors (Lipinski definition) is 4. The van der Waals surface area contributed by atoms with E-state index in [0.717, 1.165) is 13.1 Å². The van der Waals surface area contributed by atoms with Crippen LogP contribution in [0.2, 0.25) is 0 Å². The first kappa shape index (κ1) is 9.89. The van der Waals surface area contributed by atoms with Crippen LogP contribution in [0.4, 0.5) is 0 Å². The summed E-state index contributed by atoms with van der Waals surface area (Å²) in [6.07, 6.45) is -0.387. The summed E-state index contributed by atoms with van der Waals surface area (Å²) in [5, 5.41) is 0. The Balaban J connectivity index is 1.78. The molecule has 2 saturated heterocycles. The molecule has 2 aliphatic rings. The van der Waals surface area contributed by atoms with E-state index in [1.807, 2.05) is 0 Å². The Hall–Kier alpha value is -0.650. The van der Waals surface area contributed by atoms with E-state index in [-0.39, 0.29) is 12.0 Å². The molecule has 0 spiro atoms. The molecule has 0 aromatic rings. The highest BCUT2D eigenvalue weighted by Crippen LogP contribution is 2.17. The van der Waals surface area contributed by atoms with E-state index in [1.165, 1.54) is 0 Å². The zero-order valence-corrected chi connectivity index (χ0v) is 8.15. The van der Waals surface area contributed by atoms with Crippen LogP contribution in [0.5, 0.6) is 0 Å². The van der Waals surface area contributed by atoms with Crippen molar-refractivity contribution in [3.05, 3.63) is 0 Å². The predicted molar refractivity (Wildman–Crippen MR) is 49.7 cm³/mol. The van der Waals surface area contributed by atoms with Gasteiger partial charge < -0.3 is 20.1 Å². The van der Waals surface area contributed by atoms with Gasteiger partial charge in [0, 0.05) is 19.0 Å². The SMILES string of the molecule is NCC1CN(C(=O)C2COCCO2)C1. The van der Waals surface area contributed by atoms with Gasteiger partial charge in [0.1, 0.15) is 0 Å². The van der Waals surface area contributed by atoms with Gasteiger partial charge in [0.2, 0.25) is 0 Å². The molecule has 0 aromatic carbocycles. The maximum atomic E-state index is 11.7. The van der Waals surface area contributed by atoms with Crippen molar-refractivity contribution in [1.29, 1.82) is 0 Å². The van der Waals surface area contributed by atoms with Crippen molar-refractivity contribution in [2.45, 2.75) is 6.10 Å². The van der Waals surface area contributed by atoms with Crippen molar-refractivity contribution in [3.8, 4) is 0 Å². The predicted octanol–water partition coefficient (Wildman–Crippen LogP) is -1.18. The van der Waals surface area contributed by atoms with Crippen LogP contribution >= 0.6 is 0 Å². The van der Waals surface area contributed by atoms with Gasteiger partial charge >= 0.3 is 0 Å². The van der Waals surface area contributed by atoms with Crippen molar-refractivity contribution in [2.24, 2.45) is 11.7 Å². The highest BCUT2D eigenvalue weighted by molar-refractivity contribution is 5.81. The Morgan fingerprint density at radius 3 is 2.79 bits per heavy atom. The van der Waals surface area contributed by atoms with Crippen LogP contribution in [0, 0.1) is 5.92 Å². The van der Waals surface area contributed by atoms with Crippen LogP contribution in [0.25, 0.3) is 0 Å². The second-order valence-electron chi connectivity index (χ2n) is 3.78. The van der Waals surface area contributed by atoms with Crippen LogP contribution < -0.4 is 5.73 Å². The van der Waals surface area contributed by atoms with E-state index in [2.05, 4.69) is 0 Å². The molecule has 5 heteroatoms. The fourth-order valence-electron chi connectivity index (χ4n) is 1.73. The normalized spacial score (nSPS) is 28.6. The van der Waals surface area contributed by atoms with Gasteiger partial charge in [-0.05, 0) is 6.54 Å². The van der Waals surface area contributed by atoms with Crippen molar-refractivity contribution in [3.63, 3.8) is 0 Å². The Bertz CT molecular complexity index is 210. The summed E-state index contributed by atoms with van der Waals surface area (Å²) in [6.45, 7) is 3.71. The van der Waals surface area contributed by atoms with E-state index in [1.54, 1.807) is 4.90 Å². The molecule has 0 radical (unpaired) electrons. The van der Waals surface area contributed by atoms with Gasteiger partial charge in [-0.15, -0.1) is 0 Å². The molecule has 2 heterocycles. The van der Waals surface area contributed by atoms with Gasteiger partial charge in [-0.1, -0.05) is 0 Å². The summed E-state index contributed by atoms with van der Waals surface area (Å²) < 4.78 is 10.5. The molecule has 14 heavy (non-hydrogen) atoms. The number of nitrogens with two attached hydrogens (primary N) is 1. The fourth-order valence-corrected chi connectivity index (χ4v) is 1.73. The van der Waals surface area contributed by atoms with Gasteiger partial charge in [-0.3, -0.25) is 4.79 Å². The van der Waals surface area contributed by atoms with Crippen LogP contribution in [-0.4, -0.2) is 56.4 Å². The van der Waals surface area contributed by atoms with E-state index < -0.39 is 0 Å². The summed E-state index contributed by atoms with van der Waals surface area (Å²) in [6, 6.07) is 0. The van der Waals surface area contributed by atoms with Gasteiger partial charge in [-0.25, -0.2) is 0 Å². The highest BCUT2D eigenvalue weighted by atomic mass is 16.6. The molecule has 5 nitrogen and oxygen atoms in total. The maximum Gasteiger partial charge on any atom is 0.254 e. The number of hydrogen-bond donors (Lipinski definition) is 1. The van der Waals surface area contributed by atoms with Crippen molar-refractivity contribution in [2.75, 3.05) is 39.5 Å². The summed E-state index contributed by atoms with van der Waals surface area (Å²) in [4.78, 5) is 13.5. The second-order valence-corrected chi connectivity index (χ2v) is 3.78. The van der Waals surface area contributed by atoms with E-state index in [0.29, 0.717) is 32.3 Å². The number of carbonyl (C=O) groups excluding carboxylic acids is 1. The van der Waals surface area contributed by atoms with Crippen LogP contribution in [0.3, 0.4) is 0 Å². The van der Waals surface area contributed by atoms with Gasteiger partial charge in [-0.2, -0.15) is 0 Å². The standard InChI is InChI=1S/C9H16N2O3/c10-3-7-4-11(5-7)9(12)8-6-13-1-2-14-8/h7-8H,1-6,10H2. The first-order valence-electron chi connectivity index (χ1n) is 4.99. The number of likely N-dealkylation sites (tertiary alicyclic amines) is 1. The number of rotatable bonds is 2. The minimum atomic E-state index is -0.387. The van der Waals surface area contributed by atoms with Crippen LogP contribution in [-0.2, 0) is 14.3 Å². The molecular weight excluding hydrogens is 184 g/mol. The van der Waals surface area contributed by atoms with Crippen LogP contribution in [0.1, 0.15) is 0 Å². The minimum absolute atomic E-state index is 0.0504.